The molecule has 0 bridgehead atoms. The summed E-state index contributed by atoms with van der Waals surface area (Å²) in [5.74, 6) is -0.948. The van der Waals surface area contributed by atoms with Gasteiger partial charge < -0.3 is 5.11 Å². The number of rotatable bonds is 3. The molecular formula is C13H15BrClNO2. The van der Waals surface area contributed by atoms with Crippen molar-refractivity contribution in [3.05, 3.63) is 33.3 Å². The zero-order chi connectivity index (χ0) is 13.3. The van der Waals surface area contributed by atoms with Crippen LogP contribution in [0.1, 0.15) is 18.9 Å². The molecule has 2 atom stereocenters. The van der Waals surface area contributed by atoms with Crippen LogP contribution in [0.5, 0.6) is 0 Å². The Bertz CT molecular complexity index is 466. The number of hydrogen-bond acceptors (Lipinski definition) is 2. The molecule has 1 aromatic carbocycles. The van der Waals surface area contributed by atoms with Gasteiger partial charge in [0.25, 0.3) is 0 Å². The Kier molecular flexibility index (Phi) is 4.30. The van der Waals surface area contributed by atoms with Crippen LogP contribution >= 0.6 is 27.5 Å². The lowest BCUT2D eigenvalue weighted by atomic mass is 10.0. The number of benzene rings is 1. The van der Waals surface area contributed by atoms with Gasteiger partial charge in [-0.2, -0.15) is 0 Å². The molecule has 18 heavy (non-hydrogen) atoms. The van der Waals surface area contributed by atoms with Crippen LogP contribution in [-0.4, -0.2) is 28.6 Å². The zero-order valence-electron chi connectivity index (χ0n) is 10.1. The fourth-order valence-electron chi connectivity index (χ4n) is 2.43. The highest BCUT2D eigenvalue weighted by atomic mass is 79.9. The molecule has 1 aliphatic heterocycles. The third-order valence-corrected chi connectivity index (χ3v) is 4.56. The fourth-order valence-corrected chi connectivity index (χ4v) is 3.23. The second-order valence-electron chi connectivity index (χ2n) is 4.68. The van der Waals surface area contributed by atoms with Crippen molar-refractivity contribution in [1.82, 2.24) is 4.90 Å². The molecule has 1 saturated heterocycles. The van der Waals surface area contributed by atoms with Gasteiger partial charge in [0.05, 0.1) is 5.92 Å². The van der Waals surface area contributed by atoms with Gasteiger partial charge in [-0.15, -0.1) is 0 Å². The van der Waals surface area contributed by atoms with E-state index in [2.05, 4.69) is 20.8 Å². The molecule has 1 aromatic rings. The van der Waals surface area contributed by atoms with Crippen LogP contribution in [0.15, 0.2) is 22.7 Å². The van der Waals surface area contributed by atoms with Crippen molar-refractivity contribution in [2.45, 2.75) is 25.9 Å². The molecule has 98 valence electrons. The molecule has 1 aliphatic rings. The number of aliphatic carboxylic acids is 1. The smallest absolute Gasteiger partial charge is 0.308 e. The first-order valence-corrected chi connectivity index (χ1v) is 7.07. The molecule has 0 radical (unpaired) electrons. The molecule has 0 spiro atoms. The molecule has 1 N–H and O–H groups in total. The van der Waals surface area contributed by atoms with E-state index in [-0.39, 0.29) is 12.0 Å². The van der Waals surface area contributed by atoms with Crippen LogP contribution in [-0.2, 0) is 11.3 Å². The predicted molar refractivity (Wildman–Crippen MR) is 74.8 cm³/mol. The van der Waals surface area contributed by atoms with Crippen molar-refractivity contribution >= 4 is 33.5 Å². The Morgan fingerprint density at radius 2 is 2.33 bits per heavy atom. The Hall–Kier alpha value is -0.580. The van der Waals surface area contributed by atoms with Gasteiger partial charge in [-0.25, -0.2) is 0 Å². The molecular weight excluding hydrogens is 318 g/mol. The number of halogens is 2. The van der Waals surface area contributed by atoms with Crippen molar-refractivity contribution in [2.75, 3.05) is 6.54 Å². The van der Waals surface area contributed by atoms with Gasteiger partial charge in [0, 0.05) is 22.1 Å². The summed E-state index contributed by atoms with van der Waals surface area (Å²) in [5.41, 5.74) is 1.14. The number of nitrogens with zero attached hydrogens (tertiary/aromatic N) is 1. The van der Waals surface area contributed by atoms with E-state index in [1.165, 1.54) is 0 Å². The van der Waals surface area contributed by atoms with E-state index >= 15 is 0 Å². The summed E-state index contributed by atoms with van der Waals surface area (Å²) in [6.07, 6.45) is 0.724. The minimum atomic E-state index is -0.694. The van der Waals surface area contributed by atoms with Crippen LogP contribution in [0.25, 0.3) is 0 Å². The summed E-state index contributed by atoms with van der Waals surface area (Å²) in [4.78, 5) is 13.3. The summed E-state index contributed by atoms with van der Waals surface area (Å²) in [7, 11) is 0. The van der Waals surface area contributed by atoms with Gasteiger partial charge in [0.2, 0.25) is 0 Å². The number of likely N-dealkylation sites (tertiary alicyclic amines) is 1. The van der Waals surface area contributed by atoms with Gasteiger partial charge in [0.1, 0.15) is 0 Å². The summed E-state index contributed by atoms with van der Waals surface area (Å²) in [6, 6.07) is 5.78. The van der Waals surface area contributed by atoms with Gasteiger partial charge in [-0.05, 0) is 37.6 Å². The summed E-state index contributed by atoms with van der Waals surface area (Å²) < 4.78 is 0.973. The van der Waals surface area contributed by atoms with Crippen LogP contribution in [0, 0.1) is 5.92 Å². The molecule has 2 unspecified atom stereocenters. The molecule has 2 rings (SSSR count). The Morgan fingerprint density at radius 1 is 1.61 bits per heavy atom. The molecule has 0 aliphatic carbocycles. The first-order chi connectivity index (χ1) is 8.49. The van der Waals surface area contributed by atoms with E-state index in [0.717, 1.165) is 29.5 Å². The Labute approximate surface area is 120 Å². The third kappa shape index (κ3) is 2.87. The quantitative estimate of drug-likeness (QED) is 0.922. The van der Waals surface area contributed by atoms with Crippen LogP contribution in [0.3, 0.4) is 0 Å². The normalized spacial score (nSPS) is 24.4. The SMILES string of the molecule is CC1C(C(=O)O)CCN1Cc1ccc(Cl)cc1Br. The minimum absolute atomic E-state index is 0.0741. The fraction of sp³-hybridized carbons (Fsp3) is 0.462. The van der Waals surface area contributed by atoms with Crippen molar-refractivity contribution < 1.29 is 9.90 Å². The number of carbonyl (C=O) groups is 1. The van der Waals surface area contributed by atoms with E-state index in [9.17, 15) is 4.79 Å². The lowest BCUT2D eigenvalue weighted by molar-refractivity contribution is -0.142. The molecule has 0 saturated carbocycles. The average molecular weight is 333 g/mol. The first-order valence-electron chi connectivity index (χ1n) is 5.90. The van der Waals surface area contributed by atoms with Gasteiger partial charge in [-0.3, -0.25) is 9.69 Å². The summed E-state index contributed by atoms with van der Waals surface area (Å²) >= 11 is 9.40. The summed E-state index contributed by atoms with van der Waals surface area (Å²) in [5, 5.41) is 9.80. The number of carboxylic acids is 1. The maximum atomic E-state index is 11.1. The van der Waals surface area contributed by atoms with E-state index in [1.54, 1.807) is 0 Å². The molecule has 3 nitrogen and oxygen atoms in total. The topological polar surface area (TPSA) is 40.5 Å². The van der Waals surface area contributed by atoms with Crippen molar-refractivity contribution in [3.8, 4) is 0 Å². The van der Waals surface area contributed by atoms with Crippen molar-refractivity contribution in [2.24, 2.45) is 5.92 Å². The van der Waals surface area contributed by atoms with Crippen LogP contribution < -0.4 is 0 Å². The third-order valence-electron chi connectivity index (χ3n) is 3.59. The van der Waals surface area contributed by atoms with E-state index < -0.39 is 5.97 Å². The molecule has 1 fully saturated rings. The Balaban J connectivity index is 2.09. The number of carboxylic acid groups (broad SMARTS) is 1. The van der Waals surface area contributed by atoms with E-state index in [4.69, 9.17) is 16.7 Å². The molecule has 1 heterocycles. The highest BCUT2D eigenvalue weighted by molar-refractivity contribution is 9.10. The second kappa shape index (κ2) is 5.59. The van der Waals surface area contributed by atoms with E-state index in [1.807, 2.05) is 25.1 Å². The monoisotopic (exact) mass is 331 g/mol. The predicted octanol–water partition coefficient (Wildman–Crippen LogP) is 3.40. The molecule has 5 heteroatoms. The minimum Gasteiger partial charge on any atom is -0.481 e. The zero-order valence-corrected chi connectivity index (χ0v) is 12.4. The second-order valence-corrected chi connectivity index (χ2v) is 5.97. The van der Waals surface area contributed by atoms with Gasteiger partial charge in [0.15, 0.2) is 0 Å². The van der Waals surface area contributed by atoms with Crippen LogP contribution in [0.2, 0.25) is 5.02 Å². The highest BCUT2D eigenvalue weighted by Crippen LogP contribution is 2.29. The van der Waals surface area contributed by atoms with Crippen molar-refractivity contribution in [3.63, 3.8) is 0 Å². The largest absolute Gasteiger partial charge is 0.481 e. The maximum absolute atomic E-state index is 11.1. The highest BCUT2D eigenvalue weighted by Gasteiger charge is 2.35. The summed E-state index contributed by atoms with van der Waals surface area (Å²) in [6.45, 7) is 3.56. The standard InChI is InChI=1S/C13H15BrClNO2/c1-8-11(13(17)18)4-5-16(8)7-9-2-3-10(15)6-12(9)14/h2-3,6,8,11H,4-5,7H2,1H3,(H,17,18). The van der Waals surface area contributed by atoms with Gasteiger partial charge >= 0.3 is 5.97 Å². The van der Waals surface area contributed by atoms with Crippen molar-refractivity contribution in [1.29, 1.82) is 0 Å². The Morgan fingerprint density at radius 3 is 2.89 bits per heavy atom. The first kappa shape index (κ1) is 13.8. The maximum Gasteiger partial charge on any atom is 0.308 e. The molecule has 0 amide bonds. The number of hydrogen-bond donors (Lipinski definition) is 1. The lowest BCUT2D eigenvalue weighted by Crippen LogP contribution is -2.32. The average Bonchev–Trinajstić information content (AvgIpc) is 2.64. The van der Waals surface area contributed by atoms with Gasteiger partial charge in [-0.1, -0.05) is 33.6 Å². The molecule has 0 aromatic heterocycles. The van der Waals surface area contributed by atoms with E-state index in [0.29, 0.717) is 5.02 Å². The van der Waals surface area contributed by atoms with Crippen LogP contribution in [0.4, 0.5) is 0 Å². The lowest BCUT2D eigenvalue weighted by Gasteiger charge is -2.23.